The summed E-state index contributed by atoms with van der Waals surface area (Å²) in [6.45, 7) is 4.64. The van der Waals surface area contributed by atoms with Gasteiger partial charge in [0.2, 0.25) is 0 Å². The van der Waals surface area contributed by atoms with E-state index >= 15 is 0 Å². The Labute approximate surface area is 132 Å². The van der Waals surface area contributed by atoms with Crippen molar-refractivity contribution in [1.82, 2.24) is 10.1 Å². The van der Waals surface area contributed by atoms with Gasteiger partial charge in [0.1, 0.15) is 0 Å². The maximum absolute atomic E-state index is 12.8. The molecule has 1 amide bonds. The molecule has 1 atom stereocenters. The SMILES string of the molecule is Cc1ccc(Br)c(C(=O)N2CCCC2c2cc(C)no2)c1. The van der Waals surface area contributed by atoms with E-state index < -0.39 is 0 Å². The average Bonchev–Trinajstić information content (AvgIpc) is 3.09. The zero-order valence-corrected chi connectivity index (χ0v) is 13.7. The molecule has 0 N–H and O–H groups in total. The monoisotopic (exact) mass is 348 g/mol. The number of hydrogen-bond donors (Lipinski definition) is 0. The number of hydrogen-bond acceptors (Lipinski definition) is 3. The highest BCUT2D eigenvalue weighted by Gasteiger charge is 2.33. The number of carbonyl (C=O) groups is 1. The quantitative estimate of drug-likeness (QED) is 0.822. The zero-order chi connectivity index (χ0) is 15.0. The number of nitrogens with zero attached hydrogens (tertiary/aromatic N) is 2. The largest absolute Gasteiger partial charge is 0.359 e. The Balaban J connectivity index is 1.91. The lowest BCUT2D eigenvalue weighted by Crippen LogP contribution is -2.30. The van der Waals surface area contributed by atoms with Gasteiger partial charge in [-0.3, -0.25) is 4.79 Å². The van der Waals surface area contributed by atoms with Crippen molar-refractivity contribution in [2.75, 3.05) is 6.54 Å². The number of benzene rings is 1. The van der Waals surface area contributed by atoms with Gasteiger partial charge >= 0.3 is 0 Å². The highest BCUT2D eigenvalue weighted by molar-refractivity contribution is 9.10. The van der Waals surface area contributed by atoms with Crippen LogP contribution in [0.25, 0.3) is 0 Å². The second-order valence-corrected chi connectivity index (χ2v) is 6.36. The third-order valence-corrected chi connectivity index (χ3v) is 4.53. The molecule has 1 saturated heterocycles. The topological polar surface area (TPSA) is 46.3 Å². The minimum absolute atomic E-state index is 0.00823. The Kier molecular flexibility index (Phi) is 3.85. The van der Waals surface area contributed by atoms with Gasteiger partial charge < -0.3 is 9.42 Å². The van der Waals surface area contributed by atoms with Gasteiger partial charge in [-0.25, -0.2) is 0 Å². The summed E-state index contributed by atoms with van der Waals surface area (Å²) in [5, 5.41) is 3.94. The molecule has 3 rings (SSSR count). The molecule has 1 aliphatic heterocycles. The highest BCUT2D eigenvalue weighted by Crippen LogP contribution is 2.34. The first-order valence-electron chi connectivity index (χ1n) is 7.06. The van der Waals surface area contributed by atoms with E-state index in [0.29, 0.717) is 5.56 Å². The fourth-order valence-electron chi connectivity index (χ4n) is 2.80. The van der Waals surface area contributed by atoms with Gasteiger partial charge in [0.15, 0.2) is 5.76 Å². The van der Waals surface area contributed by atoms with Crippen LogP contribution in [0.1, 0.15) is 46.3 Å². The van der Waals surface area contributed by atoms with E-state index in [1.165, 1.54) is 0 Å². The lowest BCUT2D eigenvalue weighted by atomic mass is 10.1. The molecule has 4 nitrogen and oxygen atoms in total. The van der Waals surface area contributed by atoms with Crippen molar-refractivity contribution in [2.45, 2.75) is 32.7 Å². The molecular weight excluding hydrogens is 332 g/mol. The number of aryl methyl sites for hydroxylation is 2. The summed E-state index contributed by atoms with van der Waals surface area (Å²) >= 11 is 3.48. The van der Waals surface area contributed by atoms with Crippen LogP contribution in [-0.2, 0) is 0 Å². The molecule has 1 aromatic carbocycles. The standard InChI is InChI=1S/C16H17BrN2O2/c1-10-5-6-13(17)12(8-10)16(20)19-7-3-4-14(19)15-9-11(2)18-21-15/h5-6,8-9,14H,3-4,7H2,1-2H3. The van der Waals surface area contributed by atoms with Crippen molar-refractivity contribution in [1.29, 1.82) is 0 Å². The Morgan fingerprint density at radius 3 is 2.90 bits per heavy atom. The van der Waals surface area contributed by atoms with Crippen LogP contribution in [0.4, 0.5) is 0 Å². The minimum Gasteiger partial charge on any atom is -0.359 e. The first kappa shape index (κ1) is 14.3. The van der Waals surface area contributed by atoms with Crippen molar-refractivity contribution in [3.05, 3.63) is 51.3 Å². The van der Waals surface area contributed by atoms with Gasteiger partial charge in [0.25, 0.3) is 5.91 Å². The predicted octanol–water partition coefficient (Wildman–Crippen LogP) is 4.03. The molecule has 0 aliphatic carbocycles. The lowest BCUT2D eigenvalue weighted by Gasteiger charge is -2.23. The molecule has 1 fully saturated rings. The van der Waals surface area contributed by atoms with Crippen LogP contribution in [-0.4, -0.2) is 22.5 Å². The third-order valence-electron chi connectivity index (χ3n) is 3.84. The maximum Gasteiger partial charge on any atom is 0.255 e. The molecule has 1 aromatic heterocycles. The molecular formula is C16H17BrN2O2. The molecule has 0 radical (unpaired) electrons. The molecule has 1 unspecified atom stereocenters. The van der Waals surface area contributed by atoms with Crippen molar-refractivity contribution < 1.29 is 9.32 Å². The predicted molar refractivity (Wildman–Crippen MR) is 83.1 cm³/mol. The van der Waals surface area contributed by atoms with Gasteiger partial charge in [0, 0.05) is 17.1 Å². The Hall–Kier alpha value is -1.62. The smallest absolute Gasteiger partial charge is 0.255 e. The van der Waals surface area contributed by atoms with Crippen LogP contribution < -0.4 is 0 Å². The van der Waals surface area contributed by atoms with Crippen molar-refractivity contribution in [3.63, 3.8) is 0 Å². The van der Waals surface area contributed by atoms with Gasteiger partial charge in [-0.1, -0.05) is 16.8 Å². The molecule has 5 heteroatoms. The van der Waals surface area contributed by atoms with E-state index in [1.54, 1.807) is 0 Å². The number of amides is 1. The van der Waals surface area contributed by atoms with Gasteiger partial charge in [0.05, 0.1) is 17.3 Å². The normalized spacial score (nSPS) is 18.2. The van der Waals surface area contributed by atoms with Gasteiger partial charge in [-0.2, -0.15) is 0 Å². The minimum atomic E-state index is -0.00823. The second-order valence-electron chi connectivity index (χ2n) is 5.51. The molecule has 0 bridgehead atoms. The van der Waals surface area contributed by atoms with Crippen molar-refractivity contribution >= 4 is 21.8 Å². The number of halogens is 1. The number of aromatic nitrogens is 1. The van der Waals surface area contributed by atoms with E-state index in [9.17, 15) is 4.79 Å². The molecule has 1 aliphatic rings. The van der Waals surface area contributed by atoms with E-state index in [4.69, 9.17) is 4.52 Å². The lowest BCUT2D eigenvalue weighted by molar-refractivity contribution is 0.0713. The molecule has 21 heavy (non-hydrogen) atoms. The number of rotatable bonds is 2. The van der Waals surface area contributed by atoms with Crippen molar-refractivity contribution in [2.24, 2.45) is 0 Å². The summed E-state index contributed by atoms with van der Waals surface area (Å²) in [5.41, 5.74) is 2.63. The average molecular weight is 349 g/mol. The Bertz CT molecular complexity index is 681. The highest BCUT2D eigenvalue weighted by atomic mass is 79.9. The van der Waals surface area contributed by atoms with Crippen molar-refractivity contribution in [3.8, 4) is 0 Å². The number of carbonyl (C=O) groups excluding carboxylic acids is 1. The fourth-order valence-corrected chi connectivity index (χ4v) is 3.22. The molecule has 0 spiro atoms. The zero-order valence-electron chi connectivity index (χ0n) is 12.1. The Morgan fingerprint density at radius 1 is 1.38 bits per heavy atom. The molecule has 110 valence electrons. The molecule has 2 heterocycles. The van der Waals surface area contributed by atoms with Crippen LogP contribution in [0.5, 0.6) is 0 Å². The van der Waals surface area contributed by atoms with Crippen LogP contribution in [0.2, 0.25) is 0 Å². The molecule has 0 saturated carbocycles. The van der Waals surface area contributed by atoms with Crippen LogP contribution in [0.3, 0.4) is 0 Å². The van der Waals surface area contributed by atoms with Gasteiger partial charge in [-0.15, -0.1) is 0 Å². The summed E-state index contributed by atoms with van der Waals surface area (Å²) in [6, 6.07) is 7.75. The summed E-state index contributed by atoms with van der Waals surface area (Å²) in [5.74, 6) is 0.823. The van der Waals surface area contributed by atoms with E-state index in [2.05, 4.69) is 21.1 Å². The summed E-state index contributed by atoms with van der Waals surface area (Å²) in [7, 11) is 0. The van der Waals surface area contributed by atoms with Crippen LogP contribution in [0.15, 0.2) is 33.3 Å². The van der Waals surface area contributed by atoms with E-state index in [1.807, 2.05) is 43.0 Å². The first-order chi connectivity index (χ1) is 10.1. The summed E-state index contributed by atoms with van der Waals surface area (Å²) in [4.78, 5) is 14.7. The number of likely N-dealkylation sites (tertiary alicyclic amines) is 1. The van der Waals surface area contributed by atoms with E-state index in [-0.39, 0.29) is 11.9 Å². The summed E-state index contributed by atoms with van der Waals surface area (Å²) < 4.78 is 6.19. The second kappa shape index (κ2) is 5.64. The van der Waals surface area contributed by atoms with Crippen LogP contribution in [0, 0.1) is 13.8 Å². The maximum atomic E-state index is 12.8. The van der Waals surface area contributed by atoms with Gasteiger partial charge in [-0.05, 0) is 54.8 Å². The van der Waals surface area contributed by atoms with Crippen LogP contribution >= 0.6 is 15.9 Å². The summed E-state index contributed by atoms with van der Waals surface area (Å²) in [6.07, 6.45) is 1.91. The third kappa shape index (κ3) is 2.75. The first-order valence-corrected chi connectivity index (χ1v) is 7.86. The van der Waals surface area contributed by atoms with E-state index in [0.717, 1.165) is 40.9 Å². The molecule has 2 aromatic rings. The fraction of sp³-hybridized carbons (Fsp3) is 0.375. The Morgan fingerprint density at radius 2 is 2.19 bits per heavy atom.